The van der Waals surface area contributed by atoms with Crippen LogP contribution in [0.5, 0.6) is 0 Å². The van der Waals surface area contributed by atoms with Crippen molar-refractivity contribution >= 4 is 22.6 Å². The summed E-state index contributed by atoms with van der Waals surface area (Å²) in [6, 6.07) is 8.12. The van der Waals surface area contributed by atoms with Gasteiger partial charge in [0.25, 0.3) is 0 Å². The molecule has 2 fully saturated rings. The lowest BCUT2D eigenvalue weighted by Crippen LogP contribution is -2.07. The number of ether oxygens (including phenoxy) is 1. The summed E-state index contributed by atoms with van der Waals surface area (Å²) in [5.74, 6) is 2.32. The molecule has 2 aliphatic rings. The lowest BCUT2D eigenvalue weighted by molar-refractivity contribution is -0.114. The van der Waals surface area contributed by atoms with Crippen molar-refractivity contribution < 1.29 is 9.53 Å². The summed E-state index contributed by atoms with van der Waals surface area (Å²) in [6.45, 7) is 3.04. The van der Waals surface area contributed by atoms with Crippen LogP contribution in [0, 0.1) is 0 Å². The second-order valence-corrected chi connectivity index (χ2v) is 7.48. The Kier molecular flexibility index (Phi) is 3.93. The number of nitrogens with one attached hydrogen (secondary N) is 1. The minimum atomic E-state index is -0.122. The molecule has 3 aromatic rings. The second kappa shape index (κ2) is 6.46. The van der Waals surface area contributed by atoms with E-state index in [1.165, 1.54) is 25.3 Å². The van der Waals surface area contributed by atoms with Crippen LogP contribution in [0.1, 0.15) is 49.3 Å². The van der Waals surface area contributed by atoms with Gasteiger partial charge in [0.05, 0.1) is 12.1 Å². The Labute approximate surface area is 157 Å². The van der Waals surface area contributed by atoms with Gasteiger partial charge in [0.15, 0.2) is 0 Å². The first-order valence-corrected chi connectivity index (χ1v) is 9.52. The monoisotopic (exact) mass is 362 g/mol. The van der Waals surface area contributed by atoms with E-state index < -0.39 is 0 Å². The second-order valence-electron chi connectivity index (χ2n) is 7.48. The maximum atomic E-state index is 11.4. The molecule has 1 aliphatic heterocycles. The zero-order valence-electron chi connectivity index (χ0n) is 15.3. The molecule has 4 heterocycles. The molecule has 0 aromatic carbocycles. The highest BCUT2D eigenvalue weighted by Gasteiger charge is 2.28. The van der Waals surface area contributed by atoms with Gasteiger partial charge in [-0.1, -0.05) is 6.07 Å². The van der Waals surface area contributed by atoms with Gasteiger partial charge < -0.3 is 14.6 Å². The van der Waals surface area contributed by atoms with Crippen molar-refractivity contribution in [2.24, 2.45) is 0 Å². The molecule has 6 nitrogen and oxygen atoms in total. The Morgan fingerprint density at radius 1 is 1.26 bits per heavy atom. The first kappa shape index (κ1) is 16.4. The predicted octanol–water partition coefficient (Wildman–Crippen LogP) is 3.76. The Morgan fingerprint density at radius 2 is 2.15 bits per heavy atom. The largest absolute Gasteiger partial charge is 0.381 e. The quantitative estimate of drug-likeness (QED) is 0.767. The Morgan fingerprint density at radius 3 is 2.89 bits per heavy atom. The van der Waals surface area contributed by atoms with Gasteiger partial charge in [-0.15, -0.1) is 0 Å². The van der Waals surface area contributed by atoms with Gasteiger partial charge >= 0.3 is 0 Å². The molecular formula is C21H22N4O2. The summed E-state index contributed by atoms with van der Waals surface area (Å²) < 4.78 is 7.66. The molecule has 3 aromatic heterocycles. The van der Waals surface area contributed by atoms with Crippen molar-refractivity contribution in [1.29, 1.82) is 0 Å². The molecule has 1 saturated heterocycles. The number of amides is 1. The summed E-state index contributed by atoms with van der Waals surface area (Å²) in [4.78, 5) is 20.8. The van der Waals surface area contributed by atoms with Crippen LogP contribution in [0.15, 0.2) is 36.7 Å². The molecule has 1 unspecified atom stereocenters. The maximum Gasteiger partial charge on any atom is 0.222 e. The third-order valence-electron chi connectivity index (χ3n) is 5.39. The number of hydrogen-bond acceptors (Lipinski definition) is 4. The van der Waals surface area contributed by atoms with Gasteiger partial charge in [-0.3, -0.25) is 4.79 Å². The van der Waals surface area contributed by atoms with Gasteiger partial charge in [0, 0.05) is 49.0 Å². The Hall–Kier alpha value is -2.73. The van der Waals surface area contributed by atoms with Crippen molar-refractivity contribution in [2.45, 2.75) is 38.0 Å². The number of carbonyl (C=O) groups excluding carboxylic acids is 1. The van der Waals surface area contributed by atoms with Crippen LogP contribution >= 0.6 is 0 Å². The van der Waals surface area contributed by atoms with E-state index in [9.17, 15) is 4.79 Å². The summed E-state index contributed by atoms with van der Waals surface area (Å²) in [5, 5.41) is 3.93. The number of hydrogen-bond donors (Lipinski definition) is 1. The van der Waals surface area contributed by atoms with Crippen LogP contribution in [-0.4, -0.2) is 33.7 Å². The first-order chi connectivity index (χ1) is 13.2. The number of aromatic nitrogens is 3. The summed E-state index contributed by atoms with van der Waals surface area (Å²) >= 11 is 0. The van der Waals surface area contributed by atoms with Gasteiger partial charge in [-0.05, 0) is 42.9 Å². The minimum absolute atomic E-state index is 0.122. The predicted molar refractivity (Wildman–Crippen MR) is 103 cm³/mol. The number of fused-ring (bicyclic) bond motifs is 1. The number of rotatable bonds is 4. The highest BCUT2D eigenvalue weighted by molar-refractivity contribution is 5.92. The third kappa shape index (κ3) is 3.10. The first-order valence-electron chi connectivity index (χ1n) is 9.52. The van der Waals surface area contributed by atoms with Crippen molar-refractivity contribution in [2.75, 3.05) is 18.5 Å². The smallest absolute Gasteiger partial charge is 0.222 e. The molecule has 1 amide bonds. The van der Waals surface area contributed by atoms with Gasteiger partial charge in [0.2, 0.25) is 5.91 Å². The molecule has 1 atom stereocenters. The van der Waals surface area contributed by atoms with Crippen LogP contribution < -0.4 is 5.32 Å². The van der Waals surface area contributed by atoms with E-state index in [-0.39, 0.29) is 5.91 Å². The molecule has 0 radical (unpaired) electrons. The fraction of sp³-hybridized carbons (Fsp3) is 0.381. The van der Waals surface area contributed by atoms with E-state index in [1.807, 2.05) is 18.3 Å². The van der Waals surface area contributed by atoms with E-state index in [4.69, 9.17) is 9.72 Å². The fourth-order valence-electron chi connectivity index (χ4n) is 3.87. The molecular weight excluding hydrogens is 340 g/mol. The lowest BCUT2D eigenvalue weighted by Gasteiger charge is -2.11. The van der Waals surface area contributed by atoms with Crippen LogP contribution in [-0.2, 0) is 9.53 Å². The van der Waals surface area contributed by atoms with Gasteiger partial charge in [-0.25, -0.2) is 9.97 Å². The average molecular weight is 362 g/mol. The molecule has 1 N–H and O–H groups in total. The minimum Gasteiger partial charge on any atom is -0.381 e. The van der Waals surface area contributed by atoms with Gasteiger partial charge in [-0.2, -0.15) is 0 Å². The van der Waals surface area contributed by atoms with E-state index in [0.717, 1.165) is 42.0 Å². The molecule has 1 aliphatic carbocycles. The number of nitrogens with zero attached hydrogens (tertiary/aromatic N) is 3. The van der Waals surface area contributed by atoms with E-state index >= 15 is 0 Å². The molecule has 0 bridgehead atoms. The van der Waals surface area contributed by atoms with Crippen LogP contribution in [0.25, 0.3) is 16.7 Å². The standard InChI is InChI=1S/C21H22N4O2/c1-13(26)23-20-9-19-16(10-22-20)17(14-5-6-14)11-25(19)21-4-2-3-18(24-21)15-7-8-27-12-15/h2-4,9-11,14-15H,5-8,12H2,1H3,(H,22,23,26). The fourth-order valence-corrected chi connectivity index (χ4v) is 3.87. The van der Waals surface area contributed by atoms with Crippen LogP contribution in [0.2, 0.25) is 0 Å². The van der Waals surface area contributed by atoms with Crippen LogP contribution in [0.4, 0.5) is 5.82 Å². The van der Waals surface area contributed by atoms with E-state index in [0.29, 0.717) is 17.7 Å². The highest BCUT2D eigenvalue weighted by Crippen LogP contribution is 2.44. The van der Waals surface area contributed by atoms with Crippen molar-refractivity contribution in [3.8, 4) is 5.82 Å². The summed E-state index contributed by atoms with van der Waals surface area (Å²) in [5.41, 5.74) is 3.43. The maximum absolute atomic E-state index is 11.4. The number of carbonyl (C=O) groups is 1. The molecule has 27 heavy (non-hydrogen) atoms. The van der Waals surface area contributed by atoms with Crippen molar-refractivity contribution in [3.63, 3.8) is 0 Å². The zero-order chi connectivity index (χ0) is 18.4. The average Bonchev–Trinajstić information content (AvgIpc) is 3.22. The Bertz CT molecular complexity index is 1020. The van der Waals surface area contributed by atoms with Crippen molar-refractivity contribution in [1.82, 2.24) is 14.5 Å². The third-order valence-corrected chi connectivity index (χ3v) is 5.39. The number of anilines is 1. The lowest BCUT2D eigenvalue weighted by atomic mass is 10.0. The molecule has 138 valence electrons. The van der Waals surface area contributed by atoms with Crippen molar-refractivity contribution in [3.05, 3.63) is 47.9 Å². The summed E-state index contributed by atoms with van der Waals surface area (Å²) in [6.07, 6.45) is 7.53. The topological polar surface area (TPSA) is 69.0 Å². The molecule has 5 rings (SSSR count). The van der Waals surface area contributed by atoms with E-state index in [1.54, 1.807) is 0 Å². The SMILES string of the molecule is CC(=O)Nc1cc2c(cn1)c(C1CC1)cn2-c1cccc(C2CCOC2)n1. The molecule has 1 saturated carbocycles. The zero-order valence-corrected chi connectivity index (χ0v) is 15.3. The molecule has 6 heteroatoms. The molecule has 0 spiro atoms. The van der Waals surface area contributed by atoms with Gasteiger partial charge in [0.1, 0.15) is 11.6 Å². The Balaban J connectivity index is 1.63. The highest BCUT2D eigenvalue weighted by atomic mass is 16.5. The van der Waals surface area contributed by atoms with E-state index in [2.05, 4.69) is 33.2 Å². The van der Waals surface area contributed by atoms with Crippen LogP contribution in [0.3, 0.4) is 0 Å². The number of pyridine rings is 2. The summed E-state index contributed by atoms with van der Waals surface area (Å²) in [7, 11) is 0. The normalized spacial score (nSPS) is 19.5.